The third-order valence-corrected chi connectivity index (χ3v) is 9.17. The predicted molar refractivity (Wildman–Crippen MR) is 171 cm³/mol. The highest BCUT2D eigenvalue weighted by Gasteiger charge is 2.23. The minimum absolute atomic E-state index is 0.0349. The molecule has 42 heavy (non-hydrogen) atoms. The van der Waals surface area contributed by atoms with Crippen LogP contribution in [0, 0.1) is 0 Å². The molecule has 0 saturated carbocycles. The summed E-state index contributed by atoms with van der Waals surface area (Å²) >= 11 is 0. The fourth-order valence-electron chi connectivity index (χ4n) is 5.60. The first-order valence-electron chi connectivity index (χ1n) is 14.7. The third-order valence-electron chi connectivity index (χ3n) is 7.96. The zero-order valence-corrected chi connectivity index (χ0v) is 25.0. The quantitative estimate of drug-likeness (QED) is 0.266. The molecule has 0 aliphatic carbocycles. The summed E-state index contributed by atoms with van der Waals surface area (Å²) in [4.78, 5) is 22.3. The van der Waals surface area contributed by atoms with Crippen LogP contribution in [0.4, 0.5) is 5.69 Å². The topological polar surface area (TPSA) is 83.3 Å². The highest BCUT2D eigenvalue weighted by Crippen LogP contribution is 2.43. The van der Waals surface area contributed by atoms with E-state index in [9.17, 15) is 4.79 Å². The lowest BCUT2D eigenvalue weighted by atomic mass is 9.99. The third kappa shape index (κ3) is 6.78. The Morgan fingerprint density at radius 2 is 1.81 bits per heavy atom. The van der Waals surface area contributed by atoms with Crippen LogP contribution in [-0.2, 0) is 9.53 Å². The smallest absolute Gasteiger partial charge is 0.229 e. The Kier molecular flexibility index (Phi) is 9.34. The molecule has 2 aromatic heterocycles. The van der Waals surface area contributed by atoms with Crippen LogP contribution >= 0.6 is 10.5 Å². The number of benzene rings is 1. The van der Waals surface area contributed by atoms with Gasteiger partial charge in [-0.3, -0.25) is 14.6 Å². The van der Waals surface area contributed by atoms with Crippen LogP contribution in [0.3, 0.4) is 0 Å². The number of pyridine rings is 1. The van der Waals surface area contributed by atoms with Crippen molar-refractivity contribution in [1.29, 1.82) is 0 Å². The SMILES string of the molecule is CS1=CC=CC(c2c(-c3ccc(OCCN4CCOCC4)cc3)oc3nccc(NCCN4CCN(C=O)CC4)c23)=C1. The van der Waals surface area contributed by atoms with E-state index in [0.29, 0.717) is 12.3 Å². The standard InChI is InChI=1S/C32H39N5O4S/c1-42-22-2-3-26(23-42)29-30-28(33-10-11-35-12-14-37(24-38)15-13-35)8-9-34-32(30)41-31(29)25-4-6-27(7-5-25)40-21-18-36-16-19-39-20-17-36/h2-9,22-24H,10-21H2,1H3,(H,33,34). The van der Waals surface area contributed by atoms with Crippen LogP contribution in [0.2, 0.25) is 0 Å². The molecule has 1 aromatic carbocycles. The van der Waals surface area contributed by atoms with Crippen LogP contribution < -0.4 is 10.1 Å². The van der Waals surface area contributed by atoms with Gasteiger partial charge in [-0.15, -0.1) is 0 Å². The number of fused-ring (bicyclic) bond motifs is 1. The number of anilines is 1. The maximum absolute atomic E-state index is 11.0. The Bertz CT molecular complexity index is 1470. The van der Waals surface area contributed by atoms with Gasteiger partial charge < -0.3 is 24.1 Å². The maximum atomic E-state index is 11.0. The summed E-state index contributed by atoms with van der Waals surface area (Å²) in [5.74, 6) is 1.66. The first kappa shape index (κ1) is 28.7. The number of ether oxygens (including phenoxy) is 2. The summed E-state index contributed by atoms with van der Waals surface area (Å²) in [5.41, 5.74) is 4.82. The summed E-state index contributed by atoms with van der Waals surface area (Å²) in [6, 6.07) is 10.2. The van der Waals surface area contributed by atoms with Gasteiger partial charge in [0.05, 0.1) is 18.6 Å². The lowest BCUT2D eigenvalue weighted by molar-refractivity contribution is -0.119. The number of piperazine rings is 1. The predicted octanol–water partition coefficient (Wildman–Crippen LogP) is 4.00. The number of carbonyl (C=O) groups is 1. The normalized spacial score (nSPS) is 19.9. The zero-order chi connectivity index (χ0) is 28.7. The zero-order valence-electron chi connectivity index (χ0n) is 24.2. The number of carbonyl (C=O) groups excluding carboxylic acids is 1. The van der Waals surface area contributed by atoms with Crippen molar-refractivity contribution in [3.63, 3.8) is 0 Å². The average molecular weight is 590 g/mol. The van der Waals surface area contributed by atoms with Crippen molar-refractivity contribution in [1.82, 2.24) is 19.7 Å². The van der Waals surface area contributed by atoms with Gasteiger partial charge in [0, 0.05) is 81.9 Å². The Morgan fingerprint density at radius 3 is 2.57 bits per heavy atom. The van der Waals surface area contributed by atoms with E-state index in [1.807, 2.05) is 23.1 Å². The van der Waals surface area contributed by atoms with Gasteiger partial charge in [-0.2, -0.15) is 10.5 Å². The van der Waals surface area contributed by atoms with Crippen LogP contribution in [0.15, 0.2) is 58.5 Å². The molecular weight excluding hydrogens is 550 g/mol. The number of rotatable bonds is 11. The van der Waals surface area contributed by atoms with E-state index in [2.05, 4.69) is 61.4 Å². The molecule has 0 spiro atoms. The Balaban J connectivity index is 1.22. The molecule has 222 valence electrons. The number of amides is 1. The molecule has 3 aromatic rings. The van der Waals surface area contributed by atoms with Gasteiger partial charge in [0.25, 0.3) is 0 Å². The molecule has 1 amide bonds. The molecule has 1 N–H and O–H groups in total. The molecule has 3 aliphatic heterocycles. The summed E-state index contributed by atoms with van der Waals surface area (Å²) in [5, 5.41) is 9.18. The van der Waals surface area contributed by atoms with E-state index in [1.54, 1.807) is 6.20 Å². The van der Waals surface area contributed by atoms with E-state index in [4.69, 9.17) is 13.9 Å². The molecule has 2 fully saturated rings. The van der Waals surface area contributed by atoms with Crippen LogP contribution in [0.25, 0.3) is 28.0 Å². The molecular formula is C32H39N5O4S. The second-order valence-electron chi connectivity index (χ2n) is 10.8. The molecule has 2 saturated heterocycles. The summed E-state index contributed by atoms with van der Waals surface area (Å²) < 4.78 is 18.0. The molecule has 0 bridgehead atoms. The number of aromatic nitrogens is 1. The van der Waals surface area contributed by atoms with Crippen LogP contribution in [-0.4, -0.2) is 116 Å². The Labute approximate surface area is 249 Å². The van der Waals surface area contributed by atoms with Gasteiger partial charge in [-0.1, -0.05) is 12.2 Å². The molecule has 5 heterocycles. The second kappa shape index (κ2) is 13.7. The van der Waals surface area contributed by atoms with E-state index in [0.717, 1.165) is 118 Å². The average Bonchev–Trinajstić information content (AvgIpc) is 3.43. The monoisotopic (exact) mass is 589 g/mol. The molecule has 1 atom stereocenters. The largest absolute Gasteiger partial charge is 0.492 e. The number of nitrogens with zero attached hydrogens (tertiary/aromatic N) is 4. The first-order chi connectivity index (χ1) is 20.7. The van der Waals surface area contributed by atoms with Crippen molar-refractivity contribution in [3.8, 4) is 17.1 Å². The number of furan rings is 1. The lowest BCUT2D eigenvalue weighted by Crippen LogP contribution is -2.46. The van der Waals surface area contributed by atoms with Gasteiger partial charge in [-0.05, 0) is 52.9 Å². The van der Waals surface area contributed by atoms with Crippen molar-refractivity contribution in [2.75, 3.05) is 90.3 Å². The number of nitrogens with one attached hydrogen (secondary N) is 1. The van der Waals surface area contributed by atoms with Crippen molar-refractivity contribution >= 4 is 44.6 Å². The lowest BCUT2D eigenvalue weighted by Gasteiger charge is -2.32. The van der Waals surface area contributed by atoms with E-state index >= 15 is 0 Å². The van der Waals surface area contributed by atoms with Gasteiger partial charge in [0.2, 0.25) is 12.1 Å². The molecule has 1 unspecified atom stereocenters. The van der Waals surface area contributed by atoms with Crippen molar-refractivity contribution in [2.24, 2.45) is 0 Å². The number of hydrogen-bond acceptors (Lipinski definition) is 8. The Hall–Kier alpha value is -3.44. The van der Waals surface area contributed by atoms with Crippen molar-refractivity contribution in [3.05, 3.63) is 59.7 Å². The first-order valence-corrected chi connectivity index (χ1v) is 16.4. The van der Waals surface area contributed by atoms with Gasteiger partial charge >= 0.3 is 0 Å². The van der Waals surface area contributed by atoms with Crippen molar-refractivity contribution < 1.29 is 18.7 Å². The fraction of sp³-hybridized carbons (Fsp3) is 0.406. The highest BCUT2D eigenvalue weighted by atomic mass is 32.2. The van der Waals surface area contributed by atoms with Crippen molar-refractivity contribution in [2.45, 2.75) is 0 Å². The summed E-state index contributed by atoms with van der Waals surface area (Å²) in [7, 11) is 0.0349. The molecule has 6 rings (SSSR count). The number of allylic oxidation sites excluding steroid dienone is 3. The Morgan fingerprint density at radius 1 is 1.02 bits per heavy atom. The molecule has 10 heteroatoms. The van der Waals surface area contributed by atoms with Crippen LogP contribution in [0.5, 0.6) is 5.75 Å². The van der Waals surface area contributed by atoms with Gasteiger partial charge in [0.1, 0.15) is 18.1 Å². The summed E-state index contributed by atoms with van der Waals surface area (Å²) in [6.07, 6.45) is 9.26. The maximum Gasteiger partial charge on any atom is 0.229 e. The second-order valence-corrected chi connectivity index (χ2v) is 12.5. The van der Waals surface area contributed by atoms with Gasteiger partial charge in [0.15, 0.2) is 0 Å². The molecule has 3 aliphatic rings. The molecule has 9 nitrogen and oxygen atoms in total. The fourth-order valence-corrected chi connectivity index (χ4v) is 6.60. The van der Waals surface area contributed by atoms with Crippen LogP contribution in [0.1, 0.15) is 5.56 Å². The molecule has 0 radical (unpaired) electrons. The minimum atomic E-state index is 0.0349. The van der Waals surface area contributed by atoms with Gasteiger partial charge in [-0.25, -0.2) is 4.98 Å². The summed E-state index contributed by atoms with van der Waals surface area (Å²) in [6.45, 7) is 10.1. The van der Waals surface area contributed by atoms with E-state index in [-0.39, 0.29) is 10.5 Å². The highest BCUT2D eigenvalue weighted by molar-refractivity contribution is 8.17. The number of hydrogen-bond donors (Lipinski definition) is 1. The number of morpholine rings is 1. The van der Waals surface area contributed by atoms with E-state index < -0.39 is 0 Å². The van der Waals surface area contributed by atoms with E-state index in [1.165, 1.54) is 0 Å². The minimum Gasteiger partial charge on any atom is -0.492 e.